The van der Waals surface area contributed by atoms with Gasteiger partial charge in [0.25, 0.3) is 5.91 Å². The van der Waals surface area contributed by atoms with Crippen molar-refractivity contribution in [2.75, 3.05) is 43.4 Å². The van der Waals surface area contributed by atoms with Gasteiger partial charge in [-0.2, -0.15) is 5.10 Å². The van der Waals surface area contributed by atoms with Crippen LogP contribution < -0.4 is 10.2 Å². The molecule has 1 amide bonds. The van der Waals surface area contributed by atoms with Gasteiger partial charge in [-0.25, -0.2) is 0 Å². The number of aromatic nitrogens is 2. The van der Waals surface area contributed by atoms with E-state index >= 15 is 0 Å². The van der Waals surface area contributed by atoms with Gasteiger partial charge >= 0.3 is 0 Å². The molecular formula is C20H22ClN5O2. The van der Waals surface area contributed by atoms with Gasteiger partial charge in [0.05, 0.1) is 17.8 Å². The SMILES string of the molecule is CN1CCN(c2ccc(NC(=O)c3ccc(Cn4cc(Cl)cn4)o3)cc2)CC1. The molecule has 4 rings (SSSR count). The molecule has 0 unspecified atom stereocenters. The topological polar surface area (TPSA) is 66.5 Å². The third kappa shape index (κ3) is 4.37. The lowest BCUT2D eigenvalue weighted by atomic mass is 10.2. The average molecular weight is 400 g/mol. The van der Waals surface area contributed by atoms with Crippen molar-refractivity contribution in [1.82, 2.24) is 14.7 Å². The quantitative estimate of drug-likeness (QED) is 0.713. The van der Waals surface area contributed by atoms with Crippen molar-refractivity contribution in [2.24, 2.45) is 0 Å². The van der Waals surface area contributed by atoms with Gasteiger partial charge in [0.1, 0.15) is 5.76 Å². The summed E-state index contributed by atoms with van der Waals surface area (Å²) in [5.74, 6) is 0.615. The number of hydrogen-bond donors (Lipinski definition) is 1. The van der Waals surface area contributed by atoms with E-state index in [0.717, 1.165) is 31.9 Å². The summed E-state index contributed by atoms with van der Waals surface area (Å²) in [6.07, 6.45) is 3.26. The summed E-state index contributed by atoms with van der Waals surface area (Å²) >= 11 is 5.86. The van der Waals surface area contributed by atoms with Crippen LogP contribution in [0.4, 0.5) is 11.4 Å². The highest BCUT2D eigenvalue weighted by Gasteiger charge is 2.15. The van der Waals surface area contributed by atoms with E-state index in [9.17, 15) is 4.79 Å². The maximum atomic E-state index is 12.4. The molecule has 1 aliphatic rings. The summed E-state index contributed by atoms with van der Waals surface area (Å²) in [5, 5.41) is 7.53. The van der Waals surface area contributed by atoms with E-state index in [2.05, 4.69) is 27.3 Å². The summed E-state index contributed by atoms with van der Waals surface area (Å²) in [4.78, 5) is 17.1. The van der Waals surface area contributed by atoms with Crippen LogP contribution in [0.3, 0.4) is 0 Å². The third-order valence-electron chi connectivity index (χ3n) is 4.80. The highest BCUT2D eigenvalue weighted by molar-refractivity contribution is 6.30. The minimum atomic E-state index is -0.280. The lowest BCUT2D eigenvalue weighted by Gasteiger charge is -2.34. The highest BCUT2D eigenvalue weighted by atomic mass is 35.5. The lowest BCUT2D eigenvalue weighted by molar-refractivity contribution is 0.0994. The van der Waals surface area contributed by atoms with Gasteiger partial charge < -0.3 is 19.5 Å². The molecule has 0 spiro atoms. The van der Waals surface area contributed by atoms with Gasteiger partial charge in [0.2, 0.25) is 0 Å². The van der Waals surface area contributed by atoms with Crippen LogP contribution in [0.15, 0.2) is 53.2 Å². The van der Waals surface area contributed by atoms with Gasteiger partial charge in [0.15, 0.2) is 5.76 Å². The molecule has 3 heterocycles. The lowest BCUT2D eigenvalue weighted by Crippen LogP contribution is -2.44. The van der Waals surface area contributed by atoms with Crippen LogP contribution >= 0.6 is 11.6 Å². The number of piperazine rings is 1. The Hall–Kier alpha value is -2.77. The van der Waals surface area contributed by atoms with Crippen molar-refractivity contribution < 1.29 is 9.21 Å². The molecule has 1 N–H and O–H groups in total. The van der Waals surface area contributed by atoms with Gasteiger partial charge in [-0.3, -0.25) is 9.48 Å². The second-order valence-electron chi connectivity index (χ2n) is 6.91. The summed E-state index contributed by atoms with van der Waals surface area (Å²) in [6, 6.07) is 11.3. The average Bonchev–Trinajstić information content (AvgIpc) is 3.32. The van der Waals surface area contributed by atoms with E-state index in [1.807, 2.05) is 24.3 Å². The molecule has 0 saturated carbocycles. The van der Waals surface area contributed by atoms with Crippen molar-refractivity contribution in [3.05, 3.63) is 65.3 Å². The van der Waals surface area contributed by atoms with Gasteiger partial charge in [-0.1, -0.05) is 11.6 Å². The Morgan fingerprint density at radius 3 is 2.57 bits per heavy atom. The van der Waals surface area contributed by atoms with E-state index in [4.69, 9.17) is 16.0 Å². The molecule has 7 nitrogen and oxygen atoms in total. The summed E-state index contributed by atoms with van der Waals surface area (Å²) in [6.45, 7) is 4.56. The number of nitrogens with one attached hydrogen (secondary N) is 1. The number of likely N-dealkylation sites (N-methyl/N-ethyl adjacent to an activating group) is 1. The van der Waals surface area contributed by atoms with Crippen molar-refractivity contribution in [3.8, 4) is 0 Å². The molecule has 28 heavy (non-hydrogen) atoms. The number of rotatable bonds is 5. The van der Waals surface area contributed by atoms with Gasteiger partial charge in [-0.15, -0.1) is 0 Å². The molecule has 146 valence electrons. The van der Waals surface area contributed by atoms with Crippen LogP contribution in [0.25, 0.3) is 0 Å². The number of nitrogens with zero attached hydrogens (tertiary/aromatic N) is 4. The number of benzene rings is 1. The van der Waals surface area contributed by atoms with Crippen LogP contribution in [0.2, 0.25) is 5.02 Å². The van der Waals surface area contributed by atoms with Crippen molar-refractivity contribution >= 4 is 28.9 Å². The number of carbonyl (C=O) groups is 1. The number of carbonyl (C=O) groups excluding carboxylic acids is 1. The van der Waals surface area contributed by atoms with E-state index in [-0.39, 0.29) is 11.7 Å². The fourth-order valence-corrected chi connectivity index (χ4v) is 3.34. The molecular weight excluding hydrogens is 378 g/mol. The first-order valence-electron chi connectivity index (χ1n) is 9.18. The predicted octanol–water partition coefficient (Wildman–Crippen LogP) is 3.18. The first-order chi connectivity index (χ1) is 13.6. The zero-order valence-corrected chi connectivity index (χ0v) is 16.4. The summed E-state index contributed by atoms with van der Waals surface area (Å²) < 4.78 is 7.28. The molecule has 0 bridgehead atoms. The Balaban J connectivity index is 1.36. The van der Waals surface area contributed by atoms with Crippen LogP contribution in [0.5, 0.6) is 0 Å². The Labute approximate surface area is 168 Å². The van der Waals surface area contributed by atoms with Crippen molar-refractivity contribution in [2.45, 2.75) is 6.54 Å². The second kappa shape index (κ2) is 8.08. The van der Waals surface area contributed by atoms with Crippen molar-refractivity contribution in [1.29, 1.82) is 0 Å². The second-order valence-corrected chi connectivity index (χ2v) is 7.35. The van der Waals surface area contributed by atoms with Crippen molar-refractivity contribution in [3.63, 3.8) is 0 Å². The fourth-order valence-electron chi connectivity index (χ4n) is 3.18. The number of furan rings is 1. The minimum absolute atomic E-state index is 0.261. The molecule has 0 radical (unpaired) electrons. The standard InChI is InChI=1S/C20H22ClN5O2/c1-24-8-10-25(11-9-24)17-4-2-16(3-5-17)23-20(27)19-7-6-18(28-19)14-26-13-15(21)12-22-26/h2-7,12-13H,8-11,14H2,1H3,(H,23,27). The van der Waals surface area contributed by atoms with Crippen LogP contribution in [0.1, 0.15) is 16.3 Å². The maximum absolute atomic E-state index is 12.4. The highest BCUT2D eigenvalue weighted by Crippen LogP contribution is 2.20. The molecule has 3 aromatic rings. The van der Waals surface area contributed by atoms with E-state index < -0.39 is 0 Å². The number of halogens is 1. The van der Waals surface area contributed by atoms with E-state index in [0.29, 0.717) is 17.3 Å². The van der Waals surface area contributed by atoms with Crippen LogP contribution in [-0.4, -0.2) is 53.8 Å². The van der Waals surface area contributed by atoms with Gasteiger partial charge in [-0.05, 0) is 43.4 Å². The molecule has 0 atom stereocenters. The third-order valence-corrected chi connectivity index (χ3v) is 4.99. The Morgan fingerprint density at radius 2 is 1.89 bits per heavy atom. The number of hydrogen-bond acceptors (Lipinski definition) is 5. The summed E-state index contributed by atoms with van der Waals surface area (Å²) in [5.41, 5.74) is 1.91. The summed E-state index contributed by atoms with van der Waals surface area (Å²) in [7, 11) is 2.14. The molecule has 8 heteroatoms. The molecule has 1 aromatic carbocycles. The van der Waals surface area contributed by atoms with Crippen LogP contribution in [0, 0.1) is 0 Å². The fraction of sp³-hybridized carbons (Fsp3) is 0.300. The monoisotopic (exact) mass is 399 g/mol. The largest absolute Gasteiger partial charge is 0.454 e. The van der Waals surface area contributed by atoms with E-state index in [1.54, 1.807) is 29.2 Å². The Bertz CT molecular complexity index is 942. The number of amides is 1. The molecule has 0 aliphatic carbocycles. The molecule has 1 aliphatic heterocycles. The smallest absolute Gasteiger partial charge is 0.291 e. The normalized spacial score (nSPS) is 15.0. The molecule has 2 aromatic heterocycles. The van der Waals surface area contributed by atoms with E-state index in [1.165, 1.54) is 5.69 Å². The zero-order chi connectivity index (χ0) is 19.5. The van der Waals surface area contributed by atoms with Crippen LogP contribution in [-0.2, 0) is 6.54 Å². The Kier molecular flexibility index (Phi) is 5.36. The maximum Gasteiger partial charge on any atom is 0.291 e. The Morgan fingerprint density at radius 1 is 1.14 bits per heavy atom. The van der Waals surface area contributed by atoms with Gasteiger partial charge in [0, 0.05) is 43.8 Å². The molecule has 1 fully saturated rings. The number of anilines is 2. The minimum Gasteiger partial charge on any atom is -0.454 e. The molecule has 1 saturated heterocycles. The predicted molar refractivity (Wildman–Crippen MR) is 109 cm³/mol. The first-order valence-corrected chi connectivity index (χ1v) is 9.56. The zero-order valence-electron chi connectivity index (χ0n) is 15.6. The first kappa shape index (κ1) is 18.6.